The summed E-state index contributed by atoms with van der Waals surface area (Å²) in [5.41, 5.74) is 3.01. The van der Waals surface area contributed by atoms with E-state index in [4.69, 9.17) is 46.4 Å². The Balaban J connectivity index is 2.20. The molecule has 0 aromatic heterocycles. The molecule has 2 amide bonds. The zero-order valence-corrected chi connectivity index (χ0v) is 19.4. The Bertz CT molecular complexity index is 1100. The van der Waals surface area contributed by atoms with Crippen LogP contribution in [0.5, 0.6) is 0 Å². The summed E-state index contributed by atoms with van der Waals surface area (Å²) in [6.07, 6.45) is -9.38. The maximum absolute atomic E-state index is 13.6. The van der Waals surface area contributed by atoms with Crippen molar-refractivity contribution >= 4 is 64.3 Å². The van der Waals surface area contributed by atoms with E-state index in [2.05, 4.69) is 0 Å². The van der Waals surface area contributed by atoms with Gasteiger partial charge in [0.1, 0.15) is 6.42 Å². The fraction of sp³-hybridized carbons (Fsp3) is 0.200. The second-order valence-electron chi connectivity index (χ2n) is 6.71. The van der Waals surface area contributed by atoms with Crippen molar-refractivity contribution in [2.24, 2.45) is 0 Å². The topological polar surface area (TPSA) is 58.2 Å². The number of amides is 2. The zero-order valence-electron chi connectivity index (χ0n) is 16.4. The third-order valence-electron chi connectivity index (χ3n) is 4.11. The molecule has 14 heteroatoms. The Morgan fingerprint density at radius 3 is 1.97 bits per heavy atom. The SMILES string of the molecule is O=C(CC(F)(F)F)NNC(=O)c1ccc(/C=C/C(c2cc(Cl)c(Cl)c(Cl)c2)C(F)(F)F)cc1Cl. The van der Waals surface area contributed by atoms with Gasteiger partial charge in [-0.25, -0.2) is 0 Å². The number of carbonyl (C=O) groups excluding carboxylic acids is 2. The van der Waals surface area contributed by atoms with Gasteiger partial charge in [-0.3, -0.25) is 20.4 Å². The number of hydrogen-bond acceptors (Lipinski definition) is 2. The highest BCUT2D eigenvalue weighted by Gasteiger charge is 2.39. The highest BCUT2D eigenvalue weighted by atomic mass is 35.5. The van der Waals surface area contributed by atoms with Crippen LogP contribution in [-0.2, 0) is 4.79 Å². The first-order valence-corrected chi connectivity index (χ1v) is 10.4. The summed E-state index contributed by atoms with van der Waals surface area (Å²) < 4.78 is 77.3. The fourth-order valence-corrected chi connectivity index (χ4v) is 3.50. The average Bonchev–Trinajstić information content (AvgIpc) is 2.68. The van der Waals surface area contributed by atoms with Crippen LogP contribution in [-0.4, -0.2) is 24.2 Å². The average molecular weight is 568 g/mol. The van der Waals surface area contributed by atoms with E-state index in [0.29, 0.717) is 0 Å². The summed E-state index contributed by atoms with van der Waals surface area (Å²) in [5.74, 6) is -4.64. The van der Waals surface area contributed by atoms with E-state index in [0.717, 1.165) is 36.4 Å². The predicted molar refractivity (Wildman–Crippen MR) is 117 cm³/mol. The summed E-state index contributed by atoms with van der Waals surface area (Å²) in [6, 6.07) is 5.58. The van der Waals surface area contributed by atoms with E-state index in [1.807, 2.05) is 0 Å². The molecule has 1 atom stereocenters. The lowest BCUT2D eigenvalue weighted by Gasteiger charge is -2.18. The van der Waals surface area contributed by atoms with Gasteiger partial charge in [-0.05, 0) is 35.4 Å². The predicted octanol–water partition coefficient (Wildman–Crippen LogP) is 7.37. The smallest absolute Gasteiger partial charge is 0.273 e. The monoisotopic (exact) mass is 566 g/mol. The van der Waals surface area contributed by atoms with Crippen molar-refractivity contribution in [3.05, 3.63) is 73.2 Å². The van der Waals surface area contributed by atoms with Crippen LogP contribution in [0.2, 0.25) is 20.1 Å². The van der Waals surface area contributed by atoms with E-state index >= 15 is 0 Å². The summed E-state index contributed by atoms with van der Waals surface area (Å²) in [7, 11) is 0. The van der Waals surface area contributed by atoms with E-state index in [9.17, 15) is 35.9 Å². The number of carbonyl (C=O) groups is 2. The molecular formula is C20H12Cl4F6N2O2. The molecule has 2 aromatic rings. The van der Waals surface area contributed by atoms with Crippen molar-refractivity contribution < 1.29 is 35.9 Å². The Labute approximate surface area is 208 Å². The maximum atomic E-state index is 13.6. The molecule has 184 valence electrons. The quantitative estimate of drug-likeness (QED) is 0.225. The minimum atomic E-state index is -4.77. The highest BCUT2D eigenvalue weighted by molar-refractivity contribution is 6.48. The van der Waals surface area contributed by atoms with Crippen LogP contribution in [0.4, 0.5) is 26.3 Å². The molecule has 2 rings (SSSR count). The van der Waals surface area contributed by atoms with Gasteiger partial charge in [0.05, 0.1) is 31.6 Å². The van der Waals surface area contributed by atoms with Crippen molar-refractivity contribution in [1.82, 2.24) is 10.9 Å². The third kappa shape index (κ3) is 7.97. The largest absolute Gasteiger partial charge is 0.399 e. The van der Waals surface area contributed by atoms with Crippen LogP contribution < -0.4 is 10.9 Å². The molecule has 0 spiro atoms. The highest BCUT2D eigenvalue weighted by Crippen LogP contribution is 2.41. The number of rotatable bonds is 5. The zero-order chi connectivity index (χ0) is 25.8. The van der Waals surface area contributed by atoms with Gasteiger partial charge in [0.25, 0.3) is 5.91 Å². The molecule has 2 N–H and O–H groups in total. The van der Waals surface area contributed by atoms with Crippen LogP contribution >= 0.6 is 46.4 Å². The van der Waals surface area contributed by atoms with Crippen LogP contribution in [0.3, 0.4) is 0 Å². The lowest BCUT2D eigenvalue weighted by Crippen LogP contribution is -2.43. The van der Waals surface area contributed by atoms with Gasteiger partial charge in [-0.2, -0.15) is 26.3 Å². The molecule has 0 heterocycles. The lowest BCUT2D eigenvalue weighted by atomic mass is 9.97. The molecule has 4 nitrogen and oxygen atoms in total. The number of hydrogen-bond donors (Lipinski definition) is 2. The van der Waals surface area contributed by atoms with Crippen LogP contribution in [0.1, 0.15) is 33.8 Å². The van der Waals surface area contributed by atoms with Crippen molar-refractivity contribution in [2.75, 3.05) is 0 Å². The normalized spacial score (nSPS) is 13.1. The Morgan fingerprint density at radius 1 is 0.882 bits per heavy atom. The van der Waals surface area contributed by atoms with E-state index < -0.39 is 36.5 Å². The summed E-state index contributed by atoms with van der Waals surface area (Å²) in [6.45, 7) is 0. The molecule has 0 aliphatic heterocycles. The van der Waals surface area contributed by atoms with Gasteiger partial charge in [-0.1, -0.05) is 64.6 Å². The molecule has 0 bridgehead atoms. The van der Waals surface area contributed by atoms with Gasteiger partial charge in [0.2, 0.25) is 5.91 Å². The number of alkyl halides is 6. The van der Waals surface area contributed by atoms with Crippen molar-refractivity contribution in [3.8, 4) is 0 Å². The standard InChI is InChI=1S/C20H12Cl4F6N2O2/c21-13-5-9(1-3-11(13)18(34)32-31-16(33)8-19(25,26)27)2-4-12(20(28,29)30)10-6-14(22)17(24)15(23)7-10/h1-7,12H,8H2,(H,31,33)(H,32,34)/b4-2+. The first-order chi connectivity index (χ1) is 15.6. The second kappa shape index (κ2) is 11.1. The van der Waals surface area contributed by atoms with Gasteiger partial charge < -0.3 is 0 Å². The molecule has 0 radical (unpaired) electrons. The molecule has 0 aliphatic rings. The van der Waals surface area contributed by atoms with Gasteiger partial charge in [0.15, 0.2) is 0 Å². The number of allylic oxidation sites excluding steroid dienone is 1. The summed E-state index contributed by atoms with van der Waals surface area (Å²) in [4.78, 5) is 23.2. The van der Waals surface area contributed by atoms with Gasteiger partial charge in [-0.15, -0.1) is 0 Å². The fourth-order valence-electron chi connectivity index (χ4n) is 2.61. The number of nitrogens with one attached hydrogen (secondary N) is 2. The van der Waals surface area contributed by atoms with E-state index in [1.165, 1.54) is 6.07 Å². The molecule has 0 saturated carbocycles. The minimum Gasteiger partial charge on any atom is -0.273 e. The molecular weight excluding hydrogens is 556 g/mol. The number of halogens is 10. The summed E-state index contributed by atoms with van der Waals surface area (Å²) >= 11 is 23.4. The lowest BCUT2D eigenvalue weighted by molar-refractivity contribution is -0.154. The minimum absolute atomic E-state index is 0.0905. The number of benzene rings is 2. The molecule has 2 aromatic carbocycles. The molecule has 0 aliphatic carbocycles. The summed E-state index contributed by atoms with van der Waals surface area (Å²) in [5, 5.41) is -0.641. The van der Waals surface area contributed by atoms with Crippen molar-refractivity contribution in [3.63, 3.8) is 0 Å². The molecule has 34 heavy (non-hydrogen) atoms. The number of hydrazine groups is 1. The Morgan fingerprint density at radius 2 is 1.47 bits per heavy atom. The Kier molecular flexibility index (Phi) is 9.15. The third-order valence-corrected chi connectivity index (χ3v) is 5.62. The van der Waals surface area contributed by atoms with Gasteiger partial charge >= 0.3 is 12.4 Å². The van der Waals surface area contributed by atoms with Crippen LogP contribution in [0, 0.1) is 0 Å². The van der Waals surface area contributed by atoms with Gasteiger partial charge in [0, 0.05) is 0 Å². The van der Waals surface area contributed by atoms with Crippen molar-refractivity contribution in [1.29, 1.82) is 0 Å². The second-order valence-corrected chi connectivity index (χ2v) is 8.31. The van der Waals surface area contributed by atoms with E-state index in [-0.39, 0.29) is 36.8 Å². The first kappa shape index (κ1) is 28.1. The first-order valence-electron chi connectivity index (χ1n) is 8.93. The molecule has 0 fully saturated rings. The molecule has 0 saturated heterocycles. The van der Waals surface area contributed by atoms with E-state index in [1.54, 1.807) is 10.9 Å². The van der Waals surface area contributed by atoms with Crippen LogP contribution in [0.15, 0.2) is 36.4 Å². The van der Waals surface area contributed by atoms with Crippen LogP contribution in [0.25, 0.3) is 6.08 Å². The van der Waals surface area contributed by atoms with Crippen molar-refractivity contribution in [2.45, 2.75) is 24.7 Å². The molecule has 1 unspecified atom stereocenters. The Hall–Kier alpha value is -2.14. The maximum Gasteiger partial charge on any atom is 0.399 e.